The van der Waals surface area contributed by atoms with Gasteiger partial charge in [0.2, 0.25) is 0 Å². The van der Waals surface area contributed by atoms with Crippen LogP contribution in [-0.4, -0.2) is 22.2 Å². The molecule has 2 heterocycles. The van der Waals surface area contributed by atoms with Crippen LogP contribution in [0.15, 0.2) is 18.5 Å². The molecule has 0 spiro atoms. The first-order valence-electron chi connectivity index (χ1n) is 3.86. The SMILES string of the molecule is CNc1cc2cnnc(N)c2cn1. The summed E-state index contributed by atoms with van der Waals surface area (Å²) in [6, 6.07) is 1.88. The molecule has 3 N–H and O–H groups in total. The molecule has 0 aliphatic carbocycles. The summed E-state index contributed by atoms with van der Waals surface area (Å²) in [5.41, 5.74) is 5.61. The molecular weight excluding hydrogens is 166 g/mol. The number of nitrogens with two attached hydrogens (primary N) is 1. The Kier molecular flexibility index (Phi) is 1.70. The first kappa shape index (κ1) is 7.72. The molecule has 13 heavy (non-hydrogen) atoms. The Morgan fingerprint density at radius 1 is 1.38 bits per heavy atom. The summed E-state index contributed by atoms with van der Waals surface area (Å²) in [5, 5.41) is 12.2. The normalized spacial score (nSPS) is 10.2. The van der Waals surface area contributed by atoms with Crippen LogP contribution in [0.1, 0.15) is 0 Å². The highest BCUT2D eigenvalue weighted by molar-refractivity contribution is 5.90. The molecule has 0 amide bonds. The minimum Gasteiger partial charge on any atom is -0.382 e. The Morgan fingerprint density at radius 3 is 3.00 bits per heavy atom. The summed E-state index contributed by atoms with van der Waals surface area (Å²) in [7, 11) is 1.81. The molecule has 0 bridgehead atoms. The molecule has 0 saturated heterocycles. The largest absolute Gasteiger partial charge is 0.382 e. The van der Waals surface area contributed by atoms with Gasteiger partial charge in [-0.05, 0) is 6.07 Å². The van der Waals surface area contributed by atoms with E-state index in [1.165, 1.54) is 0 Å². The van der Waals surface area contributed by atoms with Crippen molar-refractivity contribution in [3.05, 3.63) is 18.5 Å². The second-order valence-electron chi connectivity index (χ2n) is 2.64. The zero-order valence-corrected chi connectivity index (χ0v) is 7.15. The molecule has 5 heteroatoms. The van der Waals surface area contributed by atoms with Crippen LogP contribution >= 0.6 is 0 Å². The maximum Gasteiger partial charge on any atom is 0.155 e. The van der Waals surface area contributed by atoms with Crippen LogP contribution in [-0.2, 0) is 0 Å². The molecule has 0 radical (unpaired) electrons. The Hall–Kier alpha value is -1.91. The van der Waals surface area contributed by atoms with Gasteiger partial charge in [0.05, 0.1) is 6.20 Å². The summed E-state index contributed by atoms with van der Waals surface area (Å²) in [5.74, 6) is 1.20. The smallest absolute Gasteiger partial charge is 0.155 e. The molecule has 0 aliphatic rings. The number of hydrogen-bond acceptors (Lipinski definition) is 5. The Bertz CT molecular complexity index is 439. The molecule has 0 unspecified atom stereocenters. The highest BCUT2D eigenvalue weighted by Crippen LogP contribution is 2.18. The third kappa shape index (κ3) is 1.24. The van der Waals surface area contributed by atoms with Crippen molar-refractivity contribution < 1.29 is 0 Å². The minimum absolute atomic E-state index is 0.410. The van der Waals surface area contributed by atoms with Crippen LogP contribution in [0.2, 0.25) is 0 Å². The van der Waals surface area contributed by atoms with E-state index in [-0.39, 0.29) is 0 Å². The lowest BCUT2D eigenvalue weighted by atomic mass is 10.2. The lowest BCUT2D eigenvalue weighted by Gasteiger charge is -2.01. The highest BCUT2D eigenvalue weighted by atomic mass is 15.1. The zero-order valence-electron chi connectivity index (χ0n) is 7.15. The van der Waals surface area contributed by atoms with E-state index in [1.807, 2.05) is 13.1 Å². The summed E-state index contributed by atoms with van der Waals surface area (Å²) in [6.45, 7) is 0. The number of pyridine rings is 1. The van der Waals surface area contributed by atoms with E-state index < -0.39 is 0 Å². The molecular formula is C8H9N5. The van der Waals surface area contributed by atoms with Crippen LogP contribution < -0.4 is 11.1 Å². The second kappa shape index (κ2) is 2.85. The lowest BCUT2D eigenvalue weighted by Crippen LogP contribution is -1.96. The summed E-state index contributed by atoms with van der Waals surface area (Å²) in [6.07, 6.45) is 3.35. The van der Waals surface area contributed by atoms with Gasteiger partial charge < -0.3 is 11.1 Å². The number of nitrogens with zero attached hydrogens (tertiary/aromatic N) is 3. The van der Waals surface area contributed by atoms with E-state index in [0.29, 0.717) is 5.82 Å². The average Bonchev–Trinajstić information content (AvgIpc) is 2.18. The van der Waals surface area contributed by atoms with Gasteiger partial charge in [-0.25, -0.2) is 4.98 Å². The molecule has 5 nitrogen and oxygen atoms in total. The van der Waals surface area contributed by atoms with Crippen molar-refractivity contribution in [2.75, 3.05) is 18.1 Å². The van der Waals surface area contributed by atoms with Crippen LogP contribution in [0.25, 0.3) is 10.8 Å². The van der Waals surface area contributed by atoms with Crippen molar-refractivity contribution in [1.29, 1.82) is 0 Å². The van der Waals surface area contributed by atoms with Crippen molar-refractivity contribution in [1.82, 2.24) is 15.2 Å². The molecule has 2 aromatic rings. The van der Waals surface area contributed by atoms with Crippen LogP contribution in [0.4, 0.5) is 11.6 Å². The van der Waals surface area contributed by atoms with Crippen molar-refractivity contribution in [3.63, 3.8) is 0 Å². The molecule has 0 saturated carbocycles. The summed E-state index contributed by atoms with van der Waals surface area (Å²) in [4.78, 5) is 4.13. The number of nitrogens with one attached hydrogen (secondary N) is 1. The van der Waals surface area contributed by atoms with Crippen molar-refractivity contribution in [2.24, 2.45) is 0 Å². The number of fused-ring (bicyclic) bond motifs is 1. The van der Waals surface area contributed by atoms with Gasteiger partial charge >= 0.3 is 0 Å². The van der Waals surface area contributed by atoms with Crippen LogP contribution in [0, 0.1) is 0 Å². The summed E-state index contributed by atoms with van der Waals surface area (Å²) >= 11 is 0. The van der Waals surface area contributed by atoms with Crippen molar-refractivity contribution in [3.8, 4) is 0 Å². The average molecular weight is 175 g/mol. The molecule has 66 valence electrons. The summed E-state index contributed by atoms with van der Waals surface area (Å²) < 4.78 is 0. The van der Waals surface area contributed by atoms with Crippen LogP contribution in [0.3, 0.4) is 0 Å². The van der Waals surface area contributed by atoms with E-state index in [4.69, 9.17) is 5.73 Å². The third-order valence-corrected chi connectivity index (χ3v) is 1.83. The zero-order chi connectivity index (χ0) is 9.26. The van der Waals surface area contributed by atoms with E-state index >= 15 is 0 Å². The maximum atomic E-state index is 5.61. The van der Waals surface area contributed by atoms with E-state index in [1.54, 1.807) is 12.4 Å². The predicted molar refractivity (Wildman–Crippen MR) is 51.3 cm³/mol. The topological polar surface area (TPSA) is 76.7 Å². The van der Waals surface area contributed by atoms with E-state index in [0.717, 1.165) is 16.6 Å². The van der Waals surface area contributed by atoms with Gasteiger partial charge in [-0.3, -0.25) is 0 Å². The first-order chi connectivity index (χ1) is 6.31. The first-order valence-corrected chi connectivity index (χ1v) is 3.86. The number of hydrogen-bond donors (Lipinski definition) is 2. The number of rotatable bonds is 1. The van der Waals surface area contributed by atoms with Gasteiger partial charge in [-0.2, -0.15) is 5.10 Å². The van der Waals surface area contributed by atoms with Crippen molar-refractivity contribution in [2.45, 2.75) is 0 Å². The Morgan fingerprint density at radius 2 is 2.23 bits per heavy atom. The fourth-order valence-electron chi connectivity index (χ4n) is 1.14. The van der Waals surface area contributed by atoms with Gasteiger partial charge in [0, 0.05) is 24.0 Å². The molecule has 2 aromatic heterocycles. The maximum absolute atomic E-state index is 5.61. The fourth-order valence-corrected chi connectivity index (χ4v) is 1.14. The molecule has 0 aromatic carbocycles. The van der Waals surface area contributed by atoms with Gasteiger partial charge in [-0.15, -0.1) is 5.10 Å². The van der Waals surface area contributed by atoms with Gasteiger partial charge in [0.1, 0.15) is 5.82 Å². The molecule has 2 rings (SSSR count). The Labute approximate surface area is 75.0 Å². The number of aromatic nitrogens is 3. The van der Waals surface area contributed by atoms with Gasteiger partial charge in [0.15, 0.2) is 5.82 Å². The number of nitrogen functional groups attached to an aromatic ring is 1. The molecule has 0 atom stereocenters. The van der Waals surface area contributed by atoms with E-state index in [9.17, 15) is 0 Å². The fraction of sp³-hybridized carbons (Fsp3) is 0.125. The quantitative estimate of drug-likeness (QED) is 0.665. The van der Waals surface area contributed by atoms with Gasteiger partial charge in [0.25, 0.3) is 0 Å². The van der Waals surface area contributed by atoms with E-state index in [2.05, 4.69) is 20.5 Å². The second-order valence-corrected chi connectivity index (χ2v) is 2.64. The predicted octanol–water partition coefficient (Wildman–Crippen LogP) is 0.649. The highest BCUT2D eigenvalue weighted by Gasteiger charge is 2.00. The monoisotopic (exact) mass is 175 g/mol. The van der Waals surface area contributed by atoms with Crippen LogP contribution in [0.5, 0.6) is 0 Å². The Balaban J connectivity index is 2.72. The number of anilines is 2. The minimum atomic E-state index is 0.410. The van der Waals surface area contributed by atoms with Gasteiger partial charge in [-0.1, -0.05) is 0 Å². The molecule has 0 fully saturated rings. The lowest BCUT2D eigenvalue weighted by molar-refractivity contribution is 1.06. The molecule has 0 aliphatic heterocycles. The standard InChI is InChI=1S/C8H9N5/c1-10-7-2-5-3-12-13-8(9)6(5)4-11-7/h2-4H,1H3,(H2,9,13)(H,10,11). The van der Waals surface area contributed by atoms with Crippen molar-refractivity contribution >= 4 is 22.4 Å². The third-order valence-electron chi connectivity index (χ3n) is 1.83.